The van der Waals surface area contributed by atoms with E-state index >= 15 is 0 Å². The maximum atomic E-state index is 12.0. The third kappa shape index (κ3) is 3.73. The van der Waals surface area contributed by atoms with E-state index in [0.29, 0.717) is 0 Å². The summed E-state index contributed by atoms with van der Waals surface area (Å²) < 4.78 is 0. The highest BCUT2D eigenvalue weighted by Gasteiger charge is 2.25. The summed E-state index contributed by atoms with van der Waals surface area (Å²) in [7, 11) is 0. The zero-order valence-corrected chi connectivity index (χ0v) is 11.4. The average Bonchev–Trinajstić information content (AvgIpc) is 2.28. The first-order valence-electron chi connectivity index (χ1n) is 5.42. The Morgan fingerprint density at radius 2 is 2.06 bits per heavy atom. The molecule has 1 aromatic carbocycles. The molecule has 1 amide bonds. The number of nitro groups is 1. The molecule has 5 nitrogen and oxygen atoms in total. The Kier molecular flexibility index (Phi) is 4.72. The van der Waals surface area contributed by atoms with Crippen LogP contribution in [0.5, 0.6) is 0 Å². The van der Waals surface area contributed by atoms with Crippen LogP contribution in [0.4, 0.5) is 5.69 Å². The van der Waals surface area contributed by atoms with Crippen LogP contribution in [0.15, 0.2) is 24.3 Å². The van der Waals surface area contributed by atoms with Crippen molar-refractivity contribution in [1.82, 2.24) is 5.32 Å². The van der Waals surface area contributed by atoms with E-state index in [1.54, 1.807) is 23.9 Å². The second-order valence-electron chi connectivity index (χ2n) is 4.55. The minimum atomic E-state index is -0.545. The lowest BCUT2D eigenvalue weighted by Gasteiger charge is -2.25. The zero-order valence-electron chi connectivity index (χ0n) is 10.6. The zero-order chi connectivity index (χ0) is 13.8. The van der Waals surface area contributed by atoms with Gasteiger partial charge in [-0.15, -0.1) is 0 Å². The van der Waals surface area contributed by atoms with Gasteiger partial charge in [0.25, 0.3) is 11.6 Å². The molecular formula is C12H16N2O3S. The fourth-order valence-corrected chi connectivity index (χ4v) is 2.39. The largest absolute Gasteiger partial charge is 0.346 e. The van der Waals surface area contributed by atoms with Crippen molar-refractivity contribution in [3.63, 3.8) is 0 Å². The van der Waals surface area contributed by atoms with E-state index in [0.717, 1.165) is 5.75 Å². The summed E-state index contributed by atoms with van der Waals surface area (Å²) in [5, 5.41) is 13.6. The van der Waals surface area contributed by atoms with Crippen molar-refractivity contribution in [1.29, 1.82) is 0 Å². The van der Waals surface area contributed by atoms with E-state index in [1.165, 1.54) is 12.1 Å². The third-order valence-corrected chi connectivity index (χ3v) is 3.31. The summed E-state index contributed by atoms with van der Waals surface area (Å²) in [6, 6.07) is 5.95. The number of carbonyl (C=O) groups excluding carboxylic acids is 1. The molecule has 0 aliphatic heterocycles. The molecule has 0 spiro atoms. The van der Waals surface area contributed by atoms with Crippen LogP contribution in [-0.4, -0.2) is 28.4 Å². The summed E-state index contributed by atoms with van der Waals surface area (Å²) in [5.74, 6) is 0.320. The van der Waals surface area contributed by atoms with E-state index in [2.05, 4.69) is 5.32 Å². The molecule has 0 aliphatic rings. The van der Waals surface area contributed by atoms with Crippen LogP contribution in [0.1, 0.15) is 24.2 Å². The first-order valence-corrected chi connectivity index (χ1v) is 6.81. The van der Waals surface area contributed by atoms with Crippen LogP contribution in [0.25, 0.3) is 0 Å². The highest BCUT2D eigenvalue weighted by atomic mass is 32.2. The third-order valence-electron chi connectivity index (χ3n) is 2.30. The highest BCUT2D eigenvalue weighted by Crippen LogP contribution is 2.19. The maximum Gasteiger partial charge on any atom is 0.282 e. The predicted molar refractivity (Wildman–Crippen MR) is 73.0 cm³/mol. The molecule has 6 heteroatoms. The van der Waals surface area contributed by atoms with Crippen molar-refractivity contribution >= 4 is 23.4 Å². The van der Waals surface area contributed by atoms with Gasteiger partial charge in [-0.1, -0.05) is 12.1 Å². The number of para-hydroxylation sites is 1. The molecular weight excluding hydrogens is 252 g/mol. The van der Waals surface area contributed by atoms with Gasteiger partial charge in [-0.3, -0.25) is 14.9 Å². The summed E-state index contributed by atoms with van der Waals surface area (Å²) in [6.45, 7) is 3.77. The first kappa shape index (κ1) is 14.5. The normalized spacial score (nSPS) is 11.1. The van der Waals surface area contributed by atoms with Crippen molar-refractivity contribution < 1.29 is 9.72 Å². The van der Waals surface area contributed by atoms with Gasteiger partial charge in [0.1, 0.15) is 5.56 Å². The summed E-state index contributed by atoms with van der Waals surface area (Å²) in [6.07, 6.45) is 1.94. The number of benzene rings is 1. The molecule has 0 saturated heterocycles. The second kappa shape index (κ2) is 5.86. The molecule has 1 aromatic rings. The molecule has 1 rings (SSSR count). The lowest BCUT2D eigenvalue weighted by atomic mass is 10.1. The van der Waals surface area contributed by atoms with E-state index in [4.69, 9.17) is 0 Å². The Morgan fingerprint density at radius 1 is 1.44 bits per heavy atom. The lowest BCUT2D eigenvalue weighted by Crippen LogP contribution is -2.45. The van der Waals surface area contributed by atoms with Crippen LogP contribution in [0, 0.1) is 10.1 Å². The number of carbonyl (C=O) groups is 1. The van der Waals surface area contributed by atoms with E-state index in [9.17, 15) is 14.9 Å². The SMILES string of the molecule is CSCC(C)(C)NC(=O)c1ccccc1[N+](=O)[O-]. The smallest absolute Gasteiger partial charge is 0.282 e. The van der Waals surface area contributed by atoms with Crippen molar-refractivity contribution in [3.8, 4) is 0 Å². The highest BCUT2D eigenvalue weighted by molar-refractivity contribution is 7.98. The molecule has 0 bridgehead atoms. The van der Waals surface area contributed by atoms with Crippen LogP contribution in [0.2, 0.25) is 0 Å². The molecule has 0 fully saturated rings. The number of nitrogens with one attached hydrogen (secondary N) is 1. The number of hydrogen-bond acceptors (Lipinski definition) is 4. The van der Waals surface area contributed by atoms with Crippen molar-refractivity contribution in [3.05, 3.63) is 39.9 Å². The molecule has 0 aliphatic carbocycles. The van der Waals surface area contributed by atoms with Gasteiger partial charge in [0.05, 0.1) is 4.92 Å². The number of nitro benzene ring substituents is 1. The molecule has 0 unspecified atom stereocenters. The monoisotopic (exact) mass is 268 g/mol. The Bertz CT molecular complexity index is 460. The molecule has 1 N–H and O–H groups in total. The van der Waals surface area contributed by atoms with Gasteiger partial charge in [-0.2, -0.15) is 11.8 Å². The standard InChI is InChI=1S/C12H16N2O3S/c1-12(2,8-18-3)13-11(15)9-6-4-5-7-10(9)14(16)17/h4-7H,8H2,1-3H3,(H,13,15). The number of amides is 1. The van der Waals surface area contributed by atoms with Crippen molar-refractivity contribution in [2.45, 2.75) is 19.4 Å². The quantitative estimate of drug-likeness (QED) is 0.657. The van der Waals surface area contributed by atoms with Crippen LogP contribution in [0.3, 0.4) is 0 Å². The minimum Gasteiger partial charge on any atom is -0.346 e. The fourth-order valence-electron chi connectivity index (χ4n) is 1.60. The lowest BCUT2D eigenvalue weighted by molar-refractivity contribution is -0.385. The van der Waals surface area contributed by atoms with Gasteiger partial charge in [0.15, 0.2) is 0 Å². The van der Waals surface area contributed by atoms with Crippen LogP contribution >= 0.6 is 11.8 Å². The number of hydrogen-bond donors (Lipinski definition) is 1. The average molecular weight is 268 g/mol. The molecule has 0 saturated carbocycles. The minimum absolute atomic E-state index is 0.0941. The number of thioether (sulfide) groups is 1. The molecule has 0 atom stereocenters. The molecule has 18 heavy (non-hydrogen) atoms. The van der Waals surface area contributed by atoms with Gasteiger partial charge < -0.3 is 5.32 Å². The molecule has 0 heterocycles. The topological polar surface area (TPSA) is 72.2 Å². The second-order valence-corrected chi connectivity index (χ2v) is 5.41. The Hall–Kier alpha value is -1.56. The van der Waals surface area contributed by atoms with Crippen molar-refractivity contribution in [2.24, 2.45) is 0 Å². The molecule has 0 radical (unpaired) electrons. The Morgan fingerprint density at radius 3 is 2.61 bits per heavy atom. The van der Waals surface area contributed by atoms with Gasteiger partial charge in [0, 0.05) is 17.4 Å². The summed E-state index contributed by atoms with van der Waals surface area (Å²) in [4.78, 5) is 22.3. The number of nitrogens with zero attached hydrogens (tertiary/aromatic N) is 1. The molecule has 98 valence electrons. The van der Waals surface area contributed by atoms with Gasteiger partial charge in [-0.25, -0.2) is 0 Å². The van der Waals surface area contributed by atoms with E-state index in [1.807, 2.05) is 20.1 Å². The van der Waals surface area contributed by atoms with E-state index in [-0.39, 0.29) is 11.3 Å². The fraction of sp³-hybridized carbons (Fsp3) is 0.417. The predicted octanol–water partition coefficient (Wildman–Crippen LogP) is 2.47. The van der Waals surface area contributed by atoms with Gasteiger partial charge in [-0.05, 0) is 26.2 Å². The maximum absolute atomic E-state index is 12.0. The first-order chi connectivity index (χ1) is 8.37. The van der Waals surface area contributed by atoms with Crippen molar-refractivity contribution in [2.75, 3.05) is 12.0 Å². The van der Waals surface area contributed by atoms with Crippen LogP contribution < -0.4 is 5.32 Å². The van der Waals surface area contributed by atoms with Crippen LogP contribution in [-0.2, 0) is 0 Å². The Labute approximate surface area is 110 Å². The Balaban J connectivity index is 2.95. The number of rotatable bonds is 5. The summed E-state index contributed by atoms with van der Waals surface area (Å²) >= 11 is 1.61. The van der Waals surface area contributed by atoms with E-state index < -0.39 is 16.4 Å². The molecule has 0 aromatic heterocycles. The van der Waals surface area contributed by atoms with Gasteiger partial charge >= 0.3 is 0 Å². The summed E-state index contributed by atoms with van der Waals surface area (Å²) in [5.41, 5.74) is -0.480. The van der Waals surface area contributed by atoms with Gasteiger partial charge in [0.2, 0.25) is 0 Å².